The van der Waals surface area contributed by atoms with E-state index in [4.69, 9.17) is 0 Å². The molecule has 0 aromatic carbocycles. The van der Waals surface area contributed by atoms with Crippen molar-refractivity contribution in [3.63, 3.8) is 0 Å². The second-order valence-corrected chi connectivity index (χ2v) is 0. The van der Waals surface area contributed by atoms with Crippen LogP contribution in [0.25, 0.3) is 0 Å². The second-order valence-electron chi connectivity index (χ2n) is 0. The van der Waals surface area contributed by atoms with Crippen molar-refractivity contribution in [1.29, 1.82) is 0 Å². The van der Waals surface area contributed by atoms with Crippen LogP contribution in [0.5, 0.6) is 0 Å². The van der Waals surface area contributed by atoms with Crippen LogP contribution in [0.1, 0.15) is 0 Å². The van der Waals surface area contributed by atoms with Gasteiger partial charge in [0.25, 0.3) is 0 Å². The molecule has 0 aromatic heterocycles. The Kier molecular flexibility index (Phi) is 191. The van der Waals surface area contributed by atoms with Gasteiger partial charge < -0.3 is 0 Å². The Balaban J connectivity index is 0. The van der Waals surface area contributed by atoms with Gasteiger partial charge in [-0.3, -0.25) is 0 Å². The molecule has 5 heavy (non-hydrogen) atoms. The van der Waals surface area contributed by atoms with Crippen molar-refractivity contribution in [2.75, 3.05) is 0 Å². The van der Waals surface area contributed by atoms with Crippen LogP contribution in [-0.4, -0.2) is 0 Å². The van der Waals surface area contributed by atoms with Gasteiger partial charge in [0.05, 0.1) is 0 Å². The molecule has 0 spiro atoms. The summed E-state index contributed by atoms with van der Waals surface area (Å²) in [5.41, 5.74) is 0. The molecule has 49 valence electrons. The topological polar surface area (TPSA) is 0 Å². The molecule has 0 aromatic rings. The predicted octanol–water partition coefficient (Wildman–Crippen LogP) is 1.23. The molecule has 0 atom stereocenters. The summed E-state index contributed by atoms with van der Waals surface area (Å²) in [4.78, 5) is 0. The molecule has 3 radical (unpaired) electrons. The molecule has 0 saturated carbocycles. The molecular formula is H2Ag3I2. The van der Waals surface area contributed by atoms with Gasteiger partial charge in [0.2, 0.25) is 0 Å². The fraction of sp³-hybridized carbons (Fsp3) is 0. The zero-order valence-electron chi connectivity index (χ0n) is 1.72. The molecule has 0 aliphatic carbocycles. The second kappa shape index (κ2) is 25.3. The third kappa shape index (κ3) is 18.3. The molecule has 0 bridgehead atoms. The predicted molar refractivity (Wildman–Crippen MR) is 30.8 cm³/mol. The van der Waals surface area contributed by atoms with E-state index in [1.807, 2.05) is 0 Å². The van der Waals surface area contributed by atoms with Gasteiger partial charge in [0, 0.05) is 67.1 Å². The molecule has 0 rings (SSSR count). The molecule has 0 heterocycles. The van der Waals surface area contributed by atoms with Gasteiger partial charge in [-0.15, -0.1) is 48.0 Å². The fourth-order valence-corrected chi connectivity index (χ4v) is 0. The summed E-state index contributed by atoms with van der Waals surface area (Å²) in [6, 6.07) is 0. The SMILES string of the molecule is I.I.[Ag].[Ag].[Ag]. The van der Waals surface area contributed by atoms with E-state index in [-0.39, 0.29) is 115 Å². The minimum atomic E-state index is 0. The van der Waals surface area contributed by atoms with Gasteiger partial charge in [-0.1, -0.05) is 0 Å². The normalized spacial score (nSPS) is 0. The maximum Gasteiger partial charge on any atom is 0 e. The van der Waals surface area contributed by atoms with Gasteiger partial charge in [-0.2, -0.15) is 0 Å². The van der Waals surface area contributed by atoms with E-state index in [1.165, 1.54) is 0 Å². The zero-order valence-corrected chi connectivity index (χ0v) is 10.8. The van der Waals surface area contributed by atoms with Crippen molar-refractivity contribution in [3.8, 4) is 0 Å². The van der Waals surface area contributed by atoms with Crippen LogP contribution in [0, 0.1) is 0 Å². The van der Waals surface area contributed by atoms with E-state index in [0.717, 1.165) is 0 Å². The number of hydrogen-bond donors (Lipinski definition) is 0. The van der Waals surface area contributed by atoms with Gasteiger partial charge in [-0.05, 0) is 0 Å². The standard InChI is InChI=1S/3Ag.2HI/h;;;2*1H. The number of hydrogen-bond acceptors (Lipinski definition) is 0. The van der Waals surface area contributed by atoms with Gasteiger partial charge in [0.1, 0.15) is 0 Å². The Hall–Kier alpha value is 3.68. The van der Waals surface area contributed by atoms with Crippen molar-refractivity contribution >= 4 is 48.0 Å². The van der Waals surface area contributed by atoms with Crippen LogP contribution in [0.3, 0.4) is 0 Å². The Bertz CT molecular complexity index is 4.85. The molecule has 0 aliphatic rings. The van der Waals surface area contributed by atoms with Gasteiger partial charge >= 0.3 is 0 Å². The molecule has 0 N–H and O–H groups in total. The zero-order chi connectivity index (χ0) is 0. The quantitative estimate of drug-likeness (QED) is 0.300. The first-order valence-electron chi connectivity index (χ1n) is 0. The van der Waals surface area contributed by atoms with Crippen molar-refractivity contribution in [2.45, 2.75) is 0 Å². The van der Waals surface area contributed by atoms with Gasteiger partial charge in [0.15, 0.2) is 0 Å². The molecule has 0 saturated heterocycles. The van der Waals surface area contributed by atoms with E-state index in [0.29, 0.717) is 0 Å². The average molecular weight is 579 g/mol. The summed E-state index contributed by atoms with van der Waals surface area (Å²) < 4.78 is 0. The number of halogens is 2. The van der Waals surface area contributed by atoms with Crippen LogP contribution in [0.4, 0.5) is 0 Å². The summed E-state index contributed by atoms with van der Waals surface area (Å²) in [5, 5.41) is 0. The average Bonchev–Trinajstić information content (AvgIpc) is 0. The number of rotatable bonds is 0. The molecule has 5 heteroatoms. The summed E-state index contributed by atoms with van der Waals surface area (Å²) in [7, 11) is 0. The summed E-state index contributed by atoms with van der Waals surface area (Å²) in [6.45, 7) is 0. The van der Waals surface area contributed by atoms with Crippen LogP contribution < -0.4 is 0 Å². The van der Waals surface area contributed by atoms with Crippen LogP contribution in [-0.2, 0) is 67.1 Å². The van der Waals surface area contributed by atoms with Crippen molar-refractivity contribution < 1.29 is 67.1 Å². The third-order valence-corrected chi connectivity index (χ3v) is 0. The van der Waals surface area contributed by atoms with Crippen LogP contribution in [0.15, 0.2) is 0 Å². The monoisotopic (exact) mass is 577 g/mol. The van der Waals surface area contributed by atoms with E-state index in [2.05, 4.69) is 0 Å². The first-order chi connectivity index (χ1) is 0. The third-order valence-electron chi connectivity index (χ3n) is 0. The fourth-order valence-electron chi connectivity index (χ4n) is 0. The van der Waals surface area contributed by atoms with E-state index in [9.17, 15) is 0 Å². The largest absolute Gasteiger partial charge is 0.107 e. The molecular weight excluding hydrogens is 577 g/mol. The Labute approximate surface area is 113 Å². The van der Waals surface area contributed by atoms with Crippen molar-refractivity contribution in [1.82, 2.24) is 0 Å². The molecule has 0 amide bonds. The van der Waals surface area contributed by atoms with Crippen molar-refractivity contribution in [2.24, 2.45) is 0 Å². The van der Waals surface area contributed by atoms with Crippen LogP contribution >= 0.6 is 48.0 Å². The van der Waals surface area contributed by atoms with Crippen LogP contribution in [0.2, 0.25) is 0 Å². The molecule has 0 nitrogen and oxygen atoms in total. The van der Waals surface area contributed by atoms with Crippen molar-refractivity contribution in [3.05, 3.63) is 0 Å². The first kappa shape index (κ1) is 37.8. The molecule has 0 unspecified atom stereocenters. The minimum absolute atomic E-state index is 0. The Morgan fingerprint density at radius 3 is 0.400 bits per heavy atom. The van der Waals surface area contributed by atoms with E-state index >= 15 is 0 Å². The van der Waals surface area contributed by atoms with Gasteiger partial charge in [-0.25, -0.2) is 0 Å². The maximum atomic E-state index is 0. The maximum absolute atomic E-state index is 0. The van der Waals surface area contributed by atoms with E-state index < -0.39 is 0 Å². The van der Waals surface area contributed by atoms with E-state index in [1.54, 1.807) is 0 Å². The molecule has 0 aliphatic heterocycles. The minimum Gasteiger partial charge on any atom is -0.107 e. The Morgan fingerprint density at radius 1 is 0.400 bits per heavy atom. The molecule has 0 fully saturated rings. The summed E-state index contributed by atoms with van der Waals surface area (Å²) in [6.07, 6.45) is 0. The first-order valence-corrected chi connectivity index (χ1v) is 0. The Morgan fingerprint density at radius 2 is 0.400 bits per heavy atom. The summed E-state index contributed by atoms with van der Waals surface area (Å²) >= 11 is 0. The summed E-state index contributed by atoms with van der Waals surface area (Å²) in [5.74, 6) is 0. The smallest absolute Gasteiger partial charge is 0 e.